The Morgan fingerprint density at radius 2 is 1.77 bits per heavy atom. The van der Waals surface area contributed by atoms with E-state index in [0.29, 0.717) is 0 Å². The summed E-state index contributed by atoms with van der Waals surface area (Å²) in [6, 6.07) is 7.03. The number of benzene rings is 1. The second-order valence-corrected chi connectivity index (χ2v) is 3.53. The molecule has 0 aliphatic heterocycles. The summed E-state index contributed by atoms with van der Waals surface area (Å²) in [6.45, 7) is 0. The van der Waals surface area contributed by atoms with Gasteiger partial charge in [0, 0.05) is 16.3 Å². The van der Waals surface area contributed by atoms with E-state index in [2.05, 4.69) is 0 Å². The zero-order valence-corrected chi connectivity index (χ0v) is 7.71. The van der Waals surface area contributed by atoms with E-state index in [9.17, 15) is 0 Å². The van der Waals surface area contributed by atoms with Gasteiger partial charge in [0.15, 0.2) is 0 Å². The molecule has 0 aliphatic carbocycles. The smallest absolute Gasteiger partial charge is 0.115 e. The summed E-state index contributed by atoms with van der Waals surface area (Å²) in [4.78, 5) is 0. The molecule has 0 spiro atoms. The van der Waals surface area contributed by atoms with Crippen LogP contribution in [0.5, 0.6) is 5.75 Å². The van der Waals surface area contributed by atoms with Gasteiger partial charge in [0.2, 0.25) is 0 Å². The lowest BCUT2D eigenvalue weighted by Gasteiger charge is -1.99. The van der Waals surface area contributed by atoms with E-state index in [-0.39, 0.29) is 5.75 Å². The average molecular weight is 191 g/mol. The van der Waals surface area contributed by atoms with E-state index in [1.54, 1.807) is 23.5 Å². The first-order chi connectivity index (χ1) is 6.27. The average Bonchev–Trinajstić information content (AvgIpc) is 2.53. The first-order valence-electron chi connectivity index (χ1n) is 3.88. The molecule has 2 rings (SSSR count). The topological polar surface area (TPSA) is 46.2 Å². The van der Waals surface area contributed by atoms with E-state index in [4.69, 9.17) is 10.8 Å². The standard InChI is InChI=1S/C10H9NOS/c11-10-6-13-5-9(10)7-1-3-8(12)4-2-7/h1-6,12H,11H2. The third-order valence-electron chi connectivity index (χ3n) is 1.87. The Morgan fingerprint density at radius 1 is 1.08 bits per heavy atom. The summed E-state index contributed by atoms with van der Waals surface area (Å²) in [5.74, 6) is 0.276. The van der Waals surface area contributed by atoms with E-state index in [0.717, 1.165) is 16.8 Å². The summed E-state index contributed by atoms with van der Waals surface area (Å²) >= 11 is 1.58. The van der Waals surface area contributed by atoms with Crippen LogP contribution in [0.15, 0.2) is 35.0 Å². The van der Waals surface area contributed by atoms with E-state index in [1.165, 1.54) is 0 Å². The van der Waals surface area contributed by atoms with Crippen molar-refractivity contribution >= 4 is 17.0 Å². The first-order valence-corrected chi connectivity index (χ1v) is 4.83. The van der Waals surface area contributed by atoms with Crippen molar-refractivity contribution in [2.45, 2.75) is 0 Å². The summed E-state index contributed by atoms with van der Waals surface area (Å²) in [7, 11) is 0. The molecular formula is C10H9NOS. The number of nitrogen functional groups attached to an aromatic ring is 1. The van der Waals surface area contributed by atoms with Gasteiger partial charge in [-0.2, -0.15) is 0 Å². The molecule has 0 aliphatic rings. The molecule has 1 aromatic carbocycles. The molecule has 0 radical (unpaired) electrons. The minimum atomic E-state index is 0.276. The van der Waals surface area contributed by atoms with Gasteiger partial charge < -0.3 is 10.8 Å². The number of aromatic hydroxyl groups is 1. The number of thiophene rings is 1. The molecule has 0 bridgehead atoms. The molecule has 0 fully saturated rings. The molecule has 3 N–H and O–H groups in total. The third-order valence-corrected chi connectivity index (χ3v) is 2.63. The normalized spacial score (nSPS) is 10.2. The van der Waals surface area contributed by atoms with Crippen LogP contribution in [0.2, 0.25) is 0 Å². The number of phenolic OH excluding ortho intramolecular Hbond substituents is 1. The Morgan fingerprint density at radius 3 is 2.31 bits per heavy atom. The van der Waals surface area contributed by atoms with Crippen molar-refractivity contribution in [2.24, 2.45) is 0 Å². The highest BCUT2D eigenvalue weighted by Crippen LogP contribution is 2.30. The zero-order chi connectivity index (χ0) is 9.26. The first kappa shape index (κ1) is 8.13. The van der Waals surface area contributed by atoms with Crippen LogP contribution in [0, 0.1) is 0 Å². The van der Waals surface area contributed by atoms with Crippen LogP contribution in [0.1, 0.15) is 0 Å². The minimum absolute atomic E-state index is 0.276. The van der Waals surface area contributed by atoms with Crippen LogP contribution in [0.25, 0.3) is 11.1 Å². The Balaban J connectivity index is 2.47. The molecule has 0 unspecified atom stereocenters. The number of hydrogen-bond acceptors (Lipinski definition) is 3. The summed E-state index contributed by atoms with van der Waals surface area (Å²) in [5.41, 5.74) is 8.62. The molecule has 0 saturated carbocycles. The molecular weight excluding hydrogens is 182 g/mol. The van der Waals surface area contributed by atoms with Gasteiger partial charge in [-0.15, -0.1) is 11.3 Å². The fraction of sp³-hybridized carbons (Fsp3) is 0. The fourth-order valence-electron chi connectivity index (χ4n) is 1.18. The Hall–Kier alpha value is -1.48. The number of phenols is 1. The van der Waals surface area contributed by atoms with Crippen LogP contribution in [-0.2, 0) is 0 Å². The van der Waals surface area contributed by atoms with Crippen LogP contribution < -0.4 is 5.73 Å². The third kappa shape index (κ3) is 1.51. The molecule has 13 heavy (non-hydrogen) atoms. The molecule has 0 amide bonds. The predicted molar refractivity (Wildman–Crippen MR) is 55.8 cm³/mol. The van der Waals surface area contributed by atoms with Crippen LogP contribution >= 0.6 is 11.3 Å². The molecule has 2 nitrogen and oxygen atoms in total. The summed E-state index contributed by atoms with van der Waals surface area (Å²) < 4.78 is 0. The predicted octanol–water partition coefficient (Wildman–Crippen LogP) is 2.70. The van der Waals surface area contributed by atoms with Crippen molar-refractivity contribution in [2.75, 3.05) is 5.73 Å². The van der Waals surface area contributed by atoms with Gasteiger partial charge in [-0.25, -0.2) is 0 Å². The number of hydrogen-bond donors (Lipinski definition) is 2. The van der Waals surface area contributed by atoms with Gasteiger partial charge in [-0.1, -0.05) is 12.1 Å². The largest absolute Gasteiger partial charge is 0.508 e. The molecule has 0 saturated heterocycles. The lowest BCUT2D eigenvalue weighted by molar-refractivity contribution is 0.475. The molecule has 66 valence electrons. The van der Waals surface area contributed by atoms with Gasteiger partial charge >= 0.3 is 0 Å². The second kappa shape index (κ2) is 3.11. The van der Waals surface area contributed by atoms with E-state index in [1.807, 2.05) is 22.9 Å². The van der Waals surface area contributed by atoms with Gasteiger partial charge in [0.25, 0.3) is 0 Å². The lowest BCUT2D eigenvalue weighted by Crippen LogP contribution is -1.83. The lowest BCUT2D eigenvalue weighted by atomic mass is 10.1. The monoisotopic (exact) mass is 191 g/mol. The second-order valence-electron chi connectivity index (χ2n) is 2.79. The highest BCUT2D eigenvalue weighted by molar-refractivity contribution is 7.08. The van der Waals surface area contributed by atoms with Crippen molar-refractivity contribution in [3.8, 4) is 16.9 Å². The maximum Gasteiger partial charge on any atom is 0.115 e. The van der Waals surface area contributed by atoms with Crippen LogP contribution in [0.4, 0.5) is 5.69 Å². The molecule has 1 aromatic heterocycles. The summed E-state index contributed by atoms with van der Waals surface area (Å²) in [5, 5.41) is 13.0. The van der Waals surface area contributed by atoms with Crippen molar-refractivity contribution in [1.29, 1.82) is 0 Å². The van der Waals surface area contributed by atoms with Crippen LogP contribution in [-0.4, -0.2) is 5.11 Å². The molecule has 1 heterocycles. The van der Waals surface area contributed by atoms with Crippen molar-refractivity contribution < 1.29 is 5.11 Å². The quantitative estimate of drug-likeness (QED) is 0.728. The fourth-order valence-corrected chi connectivity index (χ4v) is 1.93. The van der Waals surface area contributed by atoms with Crippen LogP contribution in [0.3, 0.4) is 0 Å². The Bertz CT molecular complexity index is 405. The molecule has 0 atom stereocenters. The van der Waals surface area contributed by atoms with Crippen molar-refractivity contribution in [3.63, 3.8) is 0 Å². The number of anilines is 1. The van der Waals surface area contributed by atoms with E-state index >= 15 is 0 Å². The van der Waals surface area contributed by atoms with Gasteiger partial charge in [-0.3, -0.25) is 0 Å². The number of rotatable bonds is 1. The molecule has 2 aromatic rings. The highest BCUT2D eigenvalue weighted by Gasteiger charge is 2.02. The van der Waals surface area contributed by atoms with Crippen molar-refractivity contribution in [1.82, 2.24) is 0 Å². The maximum absolute atomic E-state index is 9.09. The highest BCUT2D eigenvalue weighted by atomic mass is 32.1. The van der Waals surface area contributed by atoms with Gasteiger partial charge in [-0.05, 0) is 17.7 Å². The summed E-state index contributed by atoms with van der Waals surface area (Å²) in [6.07, 6.45) is 0. The minimum Gasteiger partial charge on any atom is -0.508 e. The Labute approximate surface area is 80.3 Å². The number of nitrogens with two attached hydrogens (primary N) is 1. The van der Waals surface area contributed by atoms with Gasteiger partial charge in [0.1, 0.15) is 5.75 Å². The van der Waals surface area contributed by atoms with Gasteiger partial charge in [0.05, 0.1) is 5.69 Å². The SMILES string of the molecule is Nc1cscc1-c1ccc(O)cc1. The van der Waals surface area contributed by atoms with E-state index < -0.39 is 0 Å². The maximum atomic E-state index is 9.09. The Kier molecular flexibility index (Phi) is 1.94. The van der Waals surface area contributed by atoms with Crippen molar-refractivity contribution in [3.05, 3.63) is 35.0 Å². The zero-order valence-electron chi connectivity index (χ0n) is 6.90. The molecule has 3 heteroatoms.